The lowest BCUT2D eigenvalue weighted by Gasteiger charge is -2.46. The van der Waals surface area contributed by atoms with Gasteiger partial charge in [0.1, 0.15) is 0 Å². The van der Waals surface area contributed by atoms with Crippen molar-refractivity contribution in [1.29, 1.82) is 0 Å². The number of nitrogens with zero attached hydrogens (tertiary/aromatic N) is 1. The van der Waals surface area contributed by atoms with Crippen molar-refractivity contribution in [3.63, 3.8) is 0 Å². The molecule has 0 aliphatic carbocycles. The summed E-state index contributed by atoms with van der Waals surface area (Å²) in [5.41, 5.74) is 0. The zero-order chi connectivity index (χ0) is 16.4. The SMILES string of the molecule is CC(C)OC1CCNC(C2CN3CCCC3CC2OC(C)C)C1. The summed E-state index contributed by atoms with van der Waals surface area (Å²) >= 11 is 0. The summed E-state index contributed by atoms with van der Waals surface area (Å²) in [5.74, 6) is 0.602. The molecule has 0 aromatic rings. The van der Waals surface area contributed by atoms with Gasteiger partial charge < -0.3 is 14.8 Å². The molecule has 1 N–H and O–H groups in total. The summed E-state index contributed by atoms with van der Waals surface area (Å²) in [5, 5.41) is 3.79. The van der Waals surface area contributed by atoms with Gasteiger partial charge in [0.05, 0.1) is 24.4 Å². The van der Waals surface area contributed by atoms with Crippen molar-refractivity contribution >= 4 is 0 Å². The molecule has 23 heavy (non-hydrogen) atoms. The molecule has 0 saturated carbocycles. The molecule has 3 fully saturated rings. The smallest absolute Gasteiger partial charge is 0.0648 e. The average molecular weight is 325 g/mol. The lowest BCUT2D eigenvalue weighted by atomic mass is 9.81. The van der Waals surface area contributed by atoms with Crippen LogP contribution in [0.1, 0.15) is 59.8 Å². The fraction of sp³-hybridized carbons (Fsp3) is 1.00. The Kier molecular flexibility index (Phi) is 6.00. The maximum absolute atomic E-state index is 6.37. The van der Waals surface area contributed by atoms with Gasteiger partial charge in [-0.15, -0.1) is 0 Å². The number of piperidine rings is 2. The van der Waals surface area contributed by atoms with Crippen molar-refractivity contribution in [3.05, 3.63) is 0 Å². The first-order valence-electron chi connectivity index (χ1n) is 9.81. The maximum atomic E-state index is 6.37. The van der Waals surface area contributed by atoms with Crippen molar-refractivity contribution in [2.75, 3.05) is 19.6 Å². The summed E-state index contributed by atoms with van der Waals surface area (Å²) in [6, 6.07) is 1.30. The van der Waals surface area contributed by atoms with Crippen molar-refractivity contribution in [3.8, 4) is 0 Å². The number of ether oxygens (including phenoxy) is 2. The lowest BCUT2D eigenvalue weighted by molar-refractivity contribution is -0.0937. The van der Waals surface area contributed by atoms with E-state index in [1.165, 1.54) is 32.4 Å². The summed E-state index contributed by atoms with van der Waals surface area (Å²) < 4.78 is 12.5. The van der Waals surface area contributed by atoms with Gasteiger partial charge in [-0.2, -0.15) is 0 Å². The van der Waals surface area contributed by atoms with Gasteiger partial charge in [-0.1, -0.05) is 0 Å². The van der Waals surface area contributed by atoms with Crippen LogP contribution in [0.5, 0.6) is 0 Å². The second kappa shape index (κ2) is 7.81. The van der Waals surface area contributed by atoms with Gasteiger partial charge in [0.15, 0.2) is 0 Å². The van der Waals surface area contributed by atoms with E-state index in [1.807, 2.05) is 0 Å². The summed E-state index contributed by atoms with van der Waals surface area (Å²) in [6.07, 6.45) is 7.70. The van der Waals surface area contributed by atoms with Crippen LogP contribution in [0.2, 0.25) is 0 Å². The van der Waals surface area contributed by atoms with Crippen molar-refractivity contribution < 1.29 is 9.47 Å². The molecule has 4 nitrogen and oxygen atoms in total. The van der Waals surface area contributed by atoms with Crippen LogP contribution in [0.15, 0.2) is 0 Å². The number of rotatable bonds is 5. The second-order valence-electron chi connectivity index (χ2n) is 8.31. The van der Waals surface area contributed by atoms with E-state index in [2.05, 4.69) is 37.9 Å². The quantitative estimate of drug-likeness (QED) is 0.843. The molecule has 5 unspecified atom stereocenters. The number of hydrogen-bond donors (Lipinski definition) is 1. The van der Waals surface area contributed by atoms with Crippen LogP contribution in [0.4, 0.5) is 0 Å². The average Bonchev–Trinajstić information content (AvgIpc) is 2.92. The van der Waals surface area contributed by atoms with E-state index >= 15 is 0 Å². The van der Waals surface area contributed by atoms with E-state index in [0.29, 0.717) is 36.4 Å². The molecule has 0 aromatic heterocycles. The molecular formula is C19H36N2O2. The fourth-order valence-electron chi connectivity index (χ4n) is 4.87. The largest absolute Gasteiger partial charge is 0.375 e. The van der Waals surface area contributed by atoms with E-state index in [9.17, 15) is 0 Å². The van der Waals surface area contributed by atoms with Crippen LogP contribution in [0, 0.1) is 5.92 Å². The van der Waals surface area contributed by atoms with Gasteiger partial charge in [0.2, 0.25) is 0 Å². The zero-order valence-electron chi connectivity index (χ0n) is 15.5. The minimum absolute atomic E-state index is 0.321. The summed E-state index contributed by atoms with van der Waals surface area (Å²) in [6.45, 7) is 12.2. The lowest BCUT2D eigenvalue weighted by Crippen LogP contribution is -2.57. The van der Waals surface area contributed by atoms with Crippen LogP contribution < -0.4 is 5.32 Å². The van der Waals surface area contributed by atoms with E-state index < -0.39 is 0 Å². The highest BCUT2D eigenvalue weighted by Crippen LogP contribution is 2.35. The number of hydrogen-bond acceptors (Lipinski definition) is 4. The first-order chi connectivity index (χ1) is 11.0. The minimum atomic E-state index is 0.321. The standard InChI is InChI=1S/C19H36N2O2/c1-13(2)22-16-7-8-20-18(11-16)17-12-21-9-5-6-15(21)10-19(17)23-14(3)4/h13-20H,5-12H2,1-4H3. The Balaban J connectivity index is 1.66. The van der Waals surface area contributed by atoms with Crippen LogP contribution in [-0.4, -0.2) is 61.0 Å². The Morgan fingerprint density at radius 2 is 1.78 bits per heavy atom. The maximum Gasteiger partial charge on any atom is 0.0648 e. The third kappa shape index (κ3) is 4.47. The van der Waals surface area contributed by atoms with E-state index in [1.54, 1.807) is 0 Å². The Bertz CT molecular complexity index is 374. The molecule has 5 atom stereocenters. The van der Waals surface area contributed by atoms with Crippen LogP contribution in [-0.2, 0) is 9.47 Å². The Hall–Kier alpha value is -0.160. The van der Waals surface area contributed by atoms with Crippen LogP contribution in [0.3, 0.4) is 0 Å². The van der Waals surface area contributed by atoms with Gasteiger partial charge in [0.25, 0.3) is 0 Å². The van der Waals surface area contributed by atoms with Crippen molar-refractivity contribution in [2.45, 2.75) is 96.3 Å². The normalized spacial score (nSPS) is 39.1. The fourth-order valence-corrected chi connectivity index (χ4v) is 4.87. The highest BCUT2D eigenvalue weighted by atomic mass is 16.5. The first-order valence-corrected chi connectivity index (χ1v) is 9.81. The van der Waals surface area contributed by atoms with E-state index in [-0.39, 0.29) is 0 Å². The minimum Gasteiger partial charge on any atom is -0.375 e. The number of fused-ring (bicyclic) bond motifs is 1. The number of nitrogens with one attached hydrogen (secondary N) is 1. The molecule has 0 amide bonds. The Morgan fingerprint density at radius 3 is 2.52 bits per heavy atom. The van der Waals surface area contributed by atoms with Gasteiger partial charge >= 0.3 is 0 Å². The molecule has 3 rings (SSSR count). The molecular weight excluding hydrogens is 288 g/mol. The van der Waals surface area contributed by atoms with Crippen molar-refractivity contribution in [1.82, 2.24) is 10.2 Å². The summed E-state index contributed by atoms with van der Waals surface area (Å²) in [7, 11) is 0. The molecule has 134 valence electrons. The molecule has 0 spiro atoms. The topological polar surface area (TPSA) is 33.7 Å². The predicted molar refractivity (Wildman–Crippen MR) is 93.7 cm³/mol. The zero-order valence-corrected chi connectivity index (χ0v) is 15.5. The molecule has 3 aliphatic heterocycles. The molecule has 4 heteroatoms. The molecule has 3 saturated heterocycles. The second-order valence-corrected chi connectivity index (χ2v) is 8.31. The highest BCUT2D eigenvalue weighted by molar-refractivity contribution is 4.98. The predicted octanol–water partition coefficient (Wildman–Crippen LogP) is 2.81. The molecule has 0 bridgehead atoms. The van der Waals surface area contributed by atoms with Crippen LogP contribution >= 0.6 is 0 Å². The molecule has 0 radical (unpaired) electrons. The summed E-state index contributed by atoms with van der Waals surface area (Å²) in [4.78, 5) is 2.72. The van der Waals surface area contributed by atoms with Crippen LogP contribution in [0.25, 0.3) is 0 Å². The molecule has 0 aromatic carbocycles. The van der Waals surface area contributed by atoms with Gasteiger partial charge in [-0.05, 0) is 72.9 Å². The van der Waals surface area contributed by atoms with E-state index in [0.717, 1.165) is 25.4 Å². The van der Waals surface area contributed by atoms with Crippen molar-refractivity contribution in [2.24, 2.45) is 5.92 Å². The van der Waals surface area contributed by atoms with Gasteiger partial charge in [-0.3, -0.25) is 4.90 Å². The third-order valence-electron chi connectivity index (χ3n) is 5.74. The Morgan fingerprint density at radius 1 is 1.00 bits per heavy atom. The van der Waals surface area contributed by atoms with E-state index in [4.69, 9.17) is 9.47 Å². The Labute approximate surface area is 142 Å². The molecule has 3 heterocycles. The molecule has 3 aliphatic rings. The first kappa shape index (κ1) is 17.7. The monoisotopic (exact) mass is 324 g/mol. The van der Waals surface area contributed by atoms with Gasteiger partial charge in [-0.25, -0.2) is 0 Å². The highest BCUT2D eigenvalue weighted by Gasteiger charge is 2.43. The third-order valence-corrected chi connectivity index (χ3v) is 5.74. The van der Waals surface area contributed by atoms with Gasteiger partial charge in [0, 0.05) is 24.5 Å².